The smallest absolute Gasteiger partial charge is 0.172 e. The van der Waals surface area contributed by atoms with Gasteiger partial charge < -0.3 is 0 Å². The zero-order valence-electron chi connectivity index (χ0n) is 16.9. The molecule has 1 unspecified atom stereocenters. The molecule has 1 fully saturated rings. The number of hydrogen-bond donors (Lipinski definition) is 0. The molecule has 6 rings (SSSR count). The highest BCUT2D eigenvalue weighted by atomic mass is 16.1. The fourth-order valence-corrected chi connectivity index (χ4v) is 5.89. The quantitative estimate of drug-likeness (QED) is 0.646. The van der Waals surface area contributed by atoms with Crippen LogP contribution in [0.1, 0.15) is 60.5 Å². The van der Waals surface area contributed by atoms with Crippen molar-refractivity contribution >= 4 is 11.5 Å². The van der Waals surface area contributed by atoms with Gasteiger partial charge in [-0.05, 0) is 47.2 Å². The van der Waals surface area contributed by atoms with E-state index in [0.29, 0.717) is 12.2 Å². The molecule has 1 saturated carbocycles. The average molecular weight is 396 g/mol. The maximum Gasteiger partial charge on any atom is 0.172 e. The van der Waals surface area contributed by atoms with Gasteiger partial charge in [0.2, 0.25) is 0 Å². The van der Waals surface area contributed by atoms with Gasteiger partial charge in [-0.1, -0.05) is 73.9 Å². The van der Waals surface area contributed by atoms with Crippen LogP contribution in [-0.4, -0.2) is 26.0 Å². The normalized spacial score (nSPS) is 21.9. The van der Waals surface area contributed by atoms with Gasteiger partial charge in [0, 0.05) is 16.6 Å². The molecule has 2 aromatic carbocycles. The molecule has 150 valence electrons. The van der Waals surface area contributed by atoms with Crippen molar-refractivity contribution in [2.45, 2.75) is 50.9 Å². The Morgan fingerprint density at radius 3 is 2.57 bits per heavy atom. The number of rotatable bonds is 2. The number of benzene rings is 2. The SMILES string of the molecule is O=C1C2=C(c3ccccc3CC23CCCCC3)n2nnnc2C1Cc1ccccc1. The van der Waals surface area contributed by atoms with E-state index < -0.39 is 0 Å². The molecule has 30 heavy (non-hydrogen) atoms. The summed E-state index contributed by atoms with van der Waals surface area (Å²) in [6, 6.07) is 18.7. The van der Waals surface area contributed by atoms with Crippen molar-refractivity contribution in [3.05, 3.63) is 82.7 Å². The molecule has 0 radical (unpaired) electrons. The number of allylic oxidation sites excluding steroid dienone is 1. The van der Waals surface area contributed by atoms with E-state index in [1.807, 2.05) is 28.9 Å². The number of Topliss-reactive ketones (excluding diaryl/α,β-unsaturated/α-hetero) is 1. The van der Waals surface area contributed by atoms with Crippen molar-refractivity contribution in [3.63, 3.8) is 0 Å². The fourth-order valence-electron chi connectivity index (χ4n) is 5.89. The zero-order valence-corrected chi connectivity index (χ0v) is 16.9. The zero-order chi connectivity index (χ0) is 20.1. The number of aromatic nitrogens is 4. The first-order valence-electron chi connectivity index (χ1n) is 11.0. The van der Waals surface area contributed by atoms with Crippen LogP contribution in [-0.2, 0) is 17.6 Å². The minimum Gasteiger partial charge on any atom is -0.294 e. The maximum absolute atomic E-state index is 14.1. The molecule has 5 heteroatoms. The molecule has 0 amide bonds. The van der Waals surface area contributed by atoms with Crippen LogP contribution in [0.25, 0.3) is 5.70 Å². The fraction of sp³-hybridized carbons (Fsp3) is 0.360. The summed E-state index contributed by atoms with van der Waals surface area (Å²) >= 11 is 0. The Bertz CT molecular complexity index is 1150. The molecule has 1 atom stereocenters. The van der Waals surface area contributed by atoms with Gasteiger partial charge in [-0.15, -0.1) is 5.10 Å². The molecule has 5 nitrogen and oxygen atoms in total. The summed E-state index contributed by atoms with van der Waals surface area (Å²) in [4.78, 5) is 14.1. The molecule has 1 aliphatic heterocycles. The lowest BCUT2D eigenvalue weighted by molar-refractivity contribution is -0.118. The number of nitrogens with zero attached hydrogens (tertiary/aromatic N) is 4. The second kappa shape index (κ2) is 6.73. The predicted octanol–water partition coefficient (Wildman–Crippen LogP) is 4.35. The molecule has 2 heterocycles. The van der Waals surface area contributed by atoms with Gasteiger partial charge in [-0.2, -0.15) is 4.68 Å². The molecule has 2 aliphatic carbocycles. The number of carbonyl (C=O) groups is 1. The Balaban J connectivity index is 1.57. The van der Waals surface area contributed by atoms with E-state index in [4.69, 9.17) is 0 Å². The van der Waals surface area contributed by atoms with Crippen molar-refractivity contribution < 1.29 is 4.79 Å². The summed E-state index contributed by atoms with van der Waals surface area (Å²) < 4.78 is 1.87. The Labute approximate surface area is 175 Å². The van der Waals surface area contributed by atoms with E-state index in [0.717, 1.165) is 41.7 Å². The van der Waals surface area contributed by atoms with E-state index in [-0.39, 0.29) is 17.1 Å². The summed E-state index contributed by atoms with van der Waals surface area (Å²) in [5, 5.41) is 12.7. The first-order chi connectivity index (χ1) is 14.8. The number of carbonyl (C=O) groups excluding carboxylic acids is 1. The van der Waals surface area contributed by atoms with Crippen molar-refractivity contribution in [2.24, 2.45) is 5.41 Å². The average Bonchev–Trinajstić information content (AvgIpc) is 3.27. The molecule has 3 aliphatic rings. The number of fused-ring (bicyclic) bond motifs is 5. The predicted molar refractivity (Wildman–Crippen MR) is 114 cm³/mol. The van der Waals surface area contributed by atoms with Gasteiger partial charge in [-0.25, -0.2) is 0 Å². The highest BCUT2D eigenvalue weighted by molar-refractivity contribution is 6.10. The van der Waals surface area contributed by atoms with Gasteiger partial charge >= 0.3 is 0 Å². The van der Waals surface area contributed by atoms with Crippen LogP contribution < -0.4 is 0 Å². The molecule has 1 spiro atoms. The second-order valence-electron chi connectivity index (χ2n) is 8.95. The lowest BCUT2D eigenvalue weighted by atomic mass is 9.59. The molecule has 3 aromatic rings. The Morgan fingerprint density at radius 1 is 0.967 bits per heavy atom. The topological polar surface area (TPSA) is 60.7 Å². The van der Waals surface area contributed by atoms with E-state index in [9.17, 15) is 4.79 Å². The Morgan fingerprint density at radius 2 is 1.73 bits per heavy atom. The number of tetrazole rings is 1. The highest BCUT2D eigenvalue weighted by Crippen LogP contribution is 2.54. The first-order valence-corrected chi connectivity index (χ1v) is 11.0. The summed E-state index contributed by atoms with van der Waals surface area (Å²) in [7, 11) is 0. The van der Waals surface area contributed by atoms with Gasteiger partial charge in [0.15, 0.2) is 11.6 Å². The van der Waals surface area contributed by atoms with E-state index in [2.05, 4.69) is 45.9 Å². The summed E-state index contributed by atoms with van der Waals surface area (Å²) in [5.41, 5.74) is 5.41. The number of ketones is 1. The van der Waals surface area contributed by atoms with Gasteiger partial charge in [0.25, 0.3) is 0 Å². The van der Waals surface area contributed by atoms with Crippen LogP contribution in [0, 0.1) is 5.41 Å². The van der Waals surface area contributed by atoms with Crippen molar-refractivity contribution in [1.82, 2.24) is 20.2 Å². The third-order valence-corrected chi connectivity index (χ3v) is 7.24. The maximum atomic E-state index is 14.1. The third kappa shape index (κ3) is 2.54. The van der Waals surface area contributed by atoms with E-state index >= 15 is 0 Å². The van der Waals surface area contributed by atoms with E-state index in [1.54, 1.807) is 0 Å². The molecule has 1 aromatic heterocycles. The Hall–Kier alpha value is -3.08. The minimum atomic E-state index is -0.329. The van der Waals surface area contributed by atoms with Crippen LogP contribution in [0.5, 0.6) is 0 Å². The highest BCUT2D eigenvalue weighted by Gasteiger charge is 2.50. The Kier molecular flexibility index (Phi) is 3.98. The van der Waals surface area contributed by atoms with Crippen LogP contribution >= 0.6 is 0 Å². The van der Waals surface area contributed by atoms with Crippen molar-refractivity contribution in [1.29, 1.82) is 0 Å². The number of hydrogen-bond acceptors (Lipinski definition) is 4. The molecule has 0 bridgehead atoms. The first kappa shape index (κ1) is 17.8. The van der Waals surface area contributed by atoms with Crippen LogP contribution in [0.2, 0.25) is 0 Å². The van der Waals surface area contributed by atoms with Crippen molar-refractivity contribution in [2.75, 3.05) is 0 Å². The minimum absolute atomic E-state index is 0.0857. The van der Waals surface area contributed by atoms with Crippen LogP contribution in [0.15, 0.2) is 60.2 Å². The molecule has 0 saturated heterocycles. The van der Waals surface area contributed by atoms with Gasteiger partial charge in [0.05, 0.1) is 11.6 Å². The summed E-state index contributed by atoms with van der Waals surface area (Å²) in [6.45, 7) is 0. The lowest BCUT2D eigenvalue weighted by Gasteiger charge is -2.45. The van der Waals surface area contributed by atoms with Crippen LogP contribution in [0.3, 0.4) is 0 Å². The van der Waals surface area contributed by atoms with Gasteiger partial charge in [0.1, 0.15) is 0 Å². The third-order valence-electron chi connectivity index (χ3n) is 7.24. The molecular formula is C25H24N4O. The van der Waals surface area contributed by atoms with Crippen molar-refractivity contribution in [3.8, 4) is 0 Å². The van der Waals surface area contributed by atoms with Crippen LogP contribution in [0.4, 0.5) is 0 Å². The van der Waals surface area contributed by atoms with Gasteiger partial charge in [-0.3, -0.25) is 4.79 Å². The monoisotopic (exact) mass is 396 g/mol. The molecular weight excluding hydrogens is 372 g/mol. The standard InChI is InChI=1S/C25H24N4O/c30-23-20(15-17-9-3-1-4-10-17)24-26-27-28-29(24)22-19-12-6-5-11-18(19)16-25(21(22)23)13-7-2-8-14-25/h1,3-6,9-12,20H,2,7-8,13-16H2. The summed E-state index contributed by atoms with van der Waals surface area (Å²) in [5.74, 6) is 0.572. The summed E-state index contributed by atoms with van der Waals surface area (Å²) in [6.07, 6.45) is 7.33. The largest absolute Gasteiger partial charge is 0.294 e. The second-order valence-corrected chi connectivity index (χ2v) is 8.95. The molecule has 0 N–H and O–H groups in total. The van der Waals surface area contributed by atoms with E-state index in [1.165, 1.54) is 24.8 Å². The lowest BCUT2D eigenvalue weighted by Crippen LogP contribution is -2.42.